The van der Waals surface area contributed by atoms with Gasteiger partial charge in [-0.3, -0.25) is 0 Å². The van der Waals surface area contributed by atoms with Gasteiger partial charge in [0.1, 0.15) is 29.3 Å². The predicted octanol–water partition coefficient (Wildman–Crippen LogP) is 3.08. The Morgan fingerprint density at radius 3 is 2.37 bits per heavy atom. The normalized spacial score (nSPS) is 11.4. The Hall–Kier alpha value is -3.96. The second-order valence-corrected chi connectivity index (χ2v) is 9.46. The molecule has 0 bridgehead atoms. The van der Waals surface area contributed by atoms with Crippen molar-refractivity contribution in [2.75, 3.05) is 21.3 Å². The maximum atomic E-state index is 13.9. The lowest BCUT2D eigenvalue weighted by Gasteiger charge is -2.24. The number of hydrogen-bond donors (Lipinski definition) is 0. The lowest BCUT2D eigenvalue weighted by molar-refractivity contribution is 0.373. The minimum Gasteiger partial charge on any atom is -0.497 e. The van der Waals surface area contributed by atoms with E-state index in [2.05, 4.69) is 15.5 Å². The van der Waals surface area contributed by atoms with Crippen molar-refractivity contribution in [1.29, 1.82) is 0 Å². The Morgan fingerprint density at radius 1 is 0.857 bits per heavy atom. The monoisotopic (exact) mass is 495 g/mol. The number of rotatable bonds is 10. The van der Waals surface area contributed by atoms with Crippen LogP contribution in [0.25, 0.3) is 5.69 Å². The van der Waals surface area contributed by atoms with Crippen LogP contribution in [0.5, 0.6) is 17.2 Å². The Labute approximate surface area is 203 Å². The zero-order valence-corrected chi connectivity index (χ0v) is 20.3. The number of hydrogen-bond acceptors (Lipinski definition) is 8. The van der Waals surface area contributed by atoms with E-state index in [0.29, 0.717) is 22.9 Å². The van der Waals surface area contributed by atoms with E-state index < -0.39 is 10.0 Å². The van der Waals surface area contributed by atoms with Crippen LogP contribution in [0.3, 0.4) is 0 Å². The largest absolute Gasteiger partial charge is 0.497 e. The quantitative estimate of drug-likeness (QED) is 0.330. The third kappa shape index (κ3) is 5.26. The summed E-state index contributed by atoms with van der Waals surface area (Å²) in [5, 5.41) is 11.1. The number of ether oxygens (including phenoxy) is 3. The van der Waals surface area contributed by atoms with Crippen molar-refractivity contribution in [2.45, 2.75) is 18.0 Å². The van der Waals surface area contributed by atoms with Crippen LogP contribution in [0, 0.1) is 0 Å². The molecule has 0 N–H and O–H groups in total. The molecule has 3 aromatic carbocycles. The second kappa shape index (κ2) is 10.5. The van der Waals surface area contributed by atoms with Crippen molar-refractivity contribution in [2.24, 2.45) is 0 Å². The molecule has 0 amide bonds. The number of tetrazole rings is 1. The van der Waals surface area contributed by atoms with Gasteiger partial charge in [0.2, 0.25) is 10.0 Å². The first kappa shape index (κ1) is 24.2. The van der Waals surface area contributed by atoms with E-state index in [0.717, 1.165) is 11.1 Å². The van der Waals surface area contributed by atoms with Gasteiger partial charge < -0.3 is 14.2 Å². The average molecular weight is 496 g/mol. The molecule has 0 atom stereocenters. The van der Waals surface area contributed by atoms with Gasteiger partial charge in [0.05, 0.1) is 26.2 Å². The van der Waals surface area contributed by atoms with Crippen molar-refractivity contribution in [3.05, 3.63) is 84.2 Å². The first-order valence-corrected chi connectivity index (χ1v) is 12.1. The maximum absolute atomic E-state index is 13.9. The highest BCUT2D eigenvalue weighted by molar-refractivity contribution is 7.89. The van der Waals surface area contributed by atoms with Gasteiger partial charge in [0.15, 0.2) is 0 Å². The van der Waals surface area contributed by atoms with Crippen molar-refractivity contribution in [1.82, 2.24) is 24.5 Å². The molecular weight excluding hydrogens is 470 g/mol. The van der Waals surface area contributed by atoms with E-state index in [1.54, 1.807) is 26.4 Å². The standard InChI is InChI=1S/C24H25N5O5S/c1-32-20-9-6-7-18(13-20)15-28(16-19-8-4-5-10-23(19)33-2)35(30,31)21-11-12-22(24(14-21)34-3)29-17-25-26-27-29/h4-14,17H,15-16H2,1-3H3. The number of benzene rings is 3. The number of methoxy groups -OCH3 is 3. The summed E-state index contributed by atoms with van der Waals surface area (Å²) in [6.07, 6.45) is 1.41. The summed E-state index contributed by atoms with van der Waals surface area (Å²) in [5.74, 6) is 1.56. The minimum atomic E-state index is -3.96. The van der Waals surface area contributed by atoms with Crippen molar-refractivity contribution >= 4 is 10.0 Å². The van der Waals surface area contributed by atoms with E-state index in [1.165, 1.54) is 34.6 Å². The number of aromatic nitrogens is 4. The van der Waals surface area contributed by atoms with E-state index in [-0.39, 0.29) is 18.0 Å². The first-order valence-electron chi connectivity index (χ1n) is 10.6. The zero-order valence-electron chi connectivity index (χ0n) is 19.5. The van der Waals surface area contributed by atoms with Crippen LogP contribution in [0.4, 0.5) is 0 Å². The Kier molecular flexibility index (Phi) is 7.28. The summed E-state index contributed by atoms with van der Waals surface area (Å²) in [6.45, 7) is 0.218. The molecule has 35 heavy (non-hydrogen) atoms. The summed E-state index contributed by atoms with van der Waals surface area (Å²) in [5.41, 5.74) is 2.03. The molecule has 0 saturated heterocycles. The van der Waals surface area contributed by atoms with Gasteiger partial charge in [-0.05, 0) is 46.3 Å². The molecular formula is C24H25N5O5S. The first-order chi connectivity index (χ1) is 17.0. The van der Waals surface area contributed by atoms with Crippen LogP contribution in [-0.2, 0) is 23.1 Å². The van der Waals surface area contributed by atoms with Crippen molar-refractivity contribution in [3.63, 3.8) is 0 Å². The maximum Gasteiger partial charge on any atom is 0.243 e. The molecule has 0 aliphatic rings. The third-order valence-corrected chi connectivity index (χ3v) is 7.20. The summed E-state index contributed by atoms with van der Waals surface area (Å²) >= 11 is 0. The molecule has 10 nitrogen and oxygen atoms in total. The summed E-state index contributed by atoms with van der Waals surface area (Å²) in [7, 11) is 0.625. The van der Waals surface area contributed by atoms with E-state index in [4.69, 9.17) is 14.2 Å². The van der Waals surface area contributed by atoms with Crippen LogP contribution < -0.4 is 14.2 Å². The Morgan fingerprint density at radius 2 is 1.66 bits per heavy atom. The van der Waals surface area contributed by atoms with E-state index in [1.807, 2.05) is 42.5 Å². The van der Waals surface area contributed by atoms with Gasteiger partial charge in [0.25, 0.3) is 0 Å². The van der Waals surface area contributed by atoms with Crippen LogP contribution in [0.1, 0.15) is 11.1 Å². The molecule has 4 rings (SSSR count). The molecule has 0 aliphatic heterocycles. The topological polar surface area (TPSA) is 109 Å². The highest BCUT2D eigenvalue weighted by atomic mass is 32.2. The SMILES string of the molecule is COc1cccc(CN(Cc2ccccc2OC)S(=O)(=O)c2ccc(-n3cnnn3)c(OC)c2)c1. The van der Waals surface area contributed by atoms with Gasteiger partial charge in [-0.25, -0.2) is 8.42 Å². The lowest BCUT2D eigenvalue weighted by Crippen LogP contribution is -2.30. The van der Waals surface area contributed by atoms with Gasteiger partial charge in [-0.15, -0.1) is 5.10 Å². The molecule has 0 fully saturated rings. The Balaban J connectivity index is 1.76. The van der Waals surface area contributed by atoms with Gasteiger partial charge >= 0.3 is 0 Å². The highest BCUT2D eigenvalue weighted by Gasteiger charge is 2.27. The lowest BCUT2D eigenvalue weighted by atomic mass is 10.2. The molecule has 0 spiro atoms. The number of para-hydroxylation sites is 1. The molecule has 0 radical (unpaired) electrons. The van der Waals surface area contributed by atoms with Crippen LogP contribution in [-0.4, -0.2) is 54.3 Å². The van der Waals surface area contributed by atoms with Gasteiger partial charge in [0, 0.05) is 24.7 Å². The smallest absolute Gasteiger partial charge is 0.243 e. The van der Waals surface area contributed by atoms with E-state index >= 15 is 0 Å². The molecule has 1 heterocycles. The minimum absolute atomic E-state index is 0.0731. The molecule has 11 heteroatoms. The van der Waals surface area contributed by atoms with Crippen molar-refractivity contribution in [3.8, 4) is 22.9 Å². The van der Waals surface area contributed by atoms with Gasteiger partial charge in [-0.2, -0.15) is 8.99 Å². The summed E-state index contributed by atoms with van der Waals surface area (Å²) in [4.78, 5) is 0.0731. The fourth-order valence-corrected chi connectivity index (χ4v) is 5.07. The van der Waals surface area contributed by atoms with E-state index in [9.17, 15) is 8.42 Å². The average Bonchev–Trinajstić information content (AvgIpc) is 3.43. The van der Waals surface area contributed by atoms with Gasteiger partial charge in [-0.1, -0.05) is 30.3 Å². The molecule has 1 aromatic heterocycles. The predicted molar refractivity (Wildman–Crippen MR) is 128 cm³/mol. The summed E-state index contributed by atoms with van der Waals surface area (Å²) < 4.78 is 46.9. The van der Waals surface area contributed by atoms with Crippen LogP contribution in [0.2, 0.25) is 0 Å². The summed E-state index contributed by atoms with van der Waals surface area (Å²) in [6, 6.07) is 19.2. The Bertz CT molecular complexity index is 1390. The fraction of sp³-hybridized carbons (Fsp3) is 0.208. The molecule has 4 aromatic rings. The third-order valence-electron chi connectivity index (χ3n) is 5.42. The number of sulfonamides is 1. The second-order valence-electron chi connectivity index (χ2n) is 7.52. The highest BCUT2D eigenvalue weighted by Crippen LogP contribution is 2.30. The molecule has 0 unspecified atom stereocenters. The fourth-order valence-electron chi connectivity index (χ4n) is 3.65. The molecule has 0 aliphatic carbocycles. The molecule has 0 saturated carbocycles. The molecule has 182 valence electrons. The van der Waals surface area contributed by atoms with Crippen molar-refractivity contribution < 1.29 is 22.6 Å². The number of nitrogens with zero attached hydrogens (tertiary/aromatic N) is 5. The zero-order chi connectivity index (χ0) is 24.8. The van der Waals surface area contributed by atoms with Crippen LogP contribution >= 0.6 is 0 Å². The van der Waals surface area contributed by atoms with Crippen LogP contribution in [0.15, 0.2) is 78.0 Å².